The van der Waals surface area contributed by atoms with Gasteiger partial charge in [-0.2, -0.15) is 5.10 Å². The van der Waals surface area contributed by atoms with Gasteiger partial charge in [0.25, 0.3) is 0 Å². The van der Waals surface area contributed by atoms with Crippen molar-refractivity contribution in [2.24, 2.45) is 7.05 Å². The van der Waals surface area contributed by atoms with Crippen LogP contribution >= 0.6 is 0 Å². The molecule has 0 aliphatic carbocycles. The Morgan fingerprint density at radius 2 is 2.00 bits per heavy atom. The molecule has 4 heteroatoms. The van der Waals surface area contributed by atoms with E-state index in [1.54, 1.807) is 4.68 Å². The Hall–Kier alpha value is -1.97. The highest BCUT2D eigenvalue weighted by atomic mass is 15.3. The molecule has 2 rings (SSSR count). The summed E-state index contributed by atoms with van der Waals surface area (Å²) in [6, 6.07) is 9.92. The van der Waals surface area contributed by atoms with E-state index in [0.29, 0.717) is 0 Å². The molecule has 0 saturated carbocycles. The van der Waals surface area contributed by atoms with Crippen molar-refractivity contribution < 1.29 is 0 Å². The van der Waals surface area contributed by atoms with Crippen molar-refractivity contribution in [3.8, 4) is 0 Å². The quantitative estimate of drug-likeness (QED) is 0.764. The largest absolute Gasteiger partial charge is 0.399 e. The van der Waals surface area contributed by atoms with E-state index in [-0.39, 0.29) is 0 Å². The lowest BCUT2D eigenvalue weighted by Crippen LogP contribution is -2.05. The normalized spacial score (nSPS) is 10.3. The first-order valence-corrected chi connectivity index (χ1v) is 5.32. The third-order valence-corrected chi connectivity index (χ3v) is 2.41. The molecule has 16 heavy (non-hydrogen) atoms. The molecule has 0 amide bonds. The minimum Gasteiger partial charge on any atom is -0.399 e. The van der Waals surface area contributed by atoms with Gasteiger partial charge < -0.3 is 11.1 Å². The molecule has 3 N–H and O–H groups in total. The first-order valence-electron chi connectivity index (χ1n) is 5.32. The van der Waals surface area contributed by atoms with E-state index >= 15 is 0 Å². The summed E-state index contributed by atoms with van der Waals surface area (Å²) < 4.78 is 1.78. The van der Waals surface area contributed by atoms with Crippen LogP contribution in [0.3, 0.4) is 0 Å². The van der Waals surface area contributed by atoms with Crippen LogP contribution < -0.4 is 11.1 Å². The number of aromatic nitrogens is 2. The van der Waals surface area contributed by atoms with E-state index in [1.807, 2.05) is 31.4 Å². The Kier molecular flexibility index (Phi) is 3.10. The fourth-order valence-electron chi connectivity index (χ4n) is 1.53. The zero-order valence-corrected chi connectivity index (χ0v) is 9.35. The average molecular weight is 216 g/mol. The standard InChI is InChI=1S/C12H16N4/c1-16-9-7-12(15-16)14-8-6-10-2-4-11(13)5-3-10/h2-5,7,9H,6,8,13H2,1H3,(H,14,15). The second kappa shape index (κ2) is 4.70. The first kappa shape index (κ1) is 10.5. The molecule has 0 saturated heterocycles. The maximum atomic E-state index is 5.62. The number of nitrogen functional groups attached to an aromatic ring is 1. The molecule has 84 valence electrons. The van der Waals surface area contributed by atoms with Crippen LogP contribution in [-0.4, -0.2) is 16.3 Å². The molecule has 0 bridgehead atoms. The van der Waals surface area contributed by atoms with Gasteiger partial charge in [-0.15, -0.1) is 0 Å². The minimum atomic E-state index is 0.807. The highest BCUT2D eigenvalue weighted by molar-refractivity contribution is 5.39. The summed E-state index contributed by atoms with van der Waals surface area (Å²) in [5, 5.41) is 7.51. The predicted molar refractivity (Wildman–Crippen MR) is 66.3 cm³/mol. The number of nitrogens with one attached hydrogen (secondary N) is 1. The summed E-state index contributed by atoms with van der Waals surface area (Å²) >= 11 is 0. The van der Waals surface area contributed by atoms with Crippen LogP contribution in [0.25, 0.3) is 0 Å². The van der Waals surface area contributed by atoms with Gasteiger partial charge in [-0.25, -0.2) is 0 Å². The van der Waals surface area contributed by atoms with E-state index in [4.69, 9.17) is 5.73 Å². The Bertz CT molecular complexity index is 444. The number of nitrogens with two attached hydrogens (primary N) is 1. The molecular formula is C12H16N4. The van der Waals surface area contributed by atoms with Crippen molar-refractivity contribution in [1.82, 2.24) is 9.78 Å². The van der Waals surface area contributed by atoms with Crippen molar-refractivity contribution in [1.29, 1.82) is 0 Å². The molecule has 0 unspecified atom stereocenters. The second-order valence-electron chi connectivity index (χ2n) is 3.79. The van der Waals surface area contributed by atoms with Gasteiger partial charge >= 0.3 is 0 Å². The second-order valence-corrected chi connectivity index (χ2v) is 3.79. The fraction of sp³-hybridized carbons (Fsp3) is 0.250. The van der Waals surface area contributed by atoms with E-state index in [1.165, 1.54) is 5.56 Å². The molecule has 0 spiro atoms. The molecular weight excluding hydrogens is 200 g/mol. The van der Waals surface area contributed by atoms with Crippen LogP contribution in [0.5, 0.6) is 0 Å². The number of rotatable bonds is 4. The Morgan fingerprint density at radius 3 is 2.62 bits per heavy atom. The van der Waals surface area contributed by atoms with Crippen molar-refractivity contribution in [3.05, 3.63) is 42.1 Å². The van der Waals surface area contributed by atoms with E-state index < -0.39 is 0 Å². The Labute approximate surface area is 95.1 Å². The van der Waals surface area contributed by atoms with Crippen LogP contribution in [0.15, 0.2) is 36.5 Å². The van der Waals surface area contributed by atoms with Crippen LogP contribution in [-0.2, 0) is 13.5 Å². The number of hydrogen-bond acceptors (Lipinski definition) is 3. The van der Waals surface area contributed by atoms with Crippen molar-refractivity contribution >= 4 is 11.5 Å². The molecule has 1 heterocycles. The molecule has 2 aromatic rings. The summed E-state index contributed by atoms with van der Waals surface area (Å²) in [5.41, 5.74) is 7.70. The summed E-state index contributed by atoms with van der Waals surface area (Å²) in [4.78, 5) is 0. The monoisotopic (exact) mass is 216 g/mol. The van der Waals surface area contributed by atoms with Gasteiger partial charge in [0.15, 0.2) is 0 Å². The maximum Gasteiger partial charge on any atom is 0.147 e. The van der Waals surface area contributed by atoms with E-state index in [2.05, 4.69) is 22.5 Å². The van der Waals surface area contributed by atoms with Gasteiger partial charge in [0.05, 0.1) is 0 Å². The Morgan fingerprint density at radius 1 is 1.25 bits per heavy atom. The maximum absolute atomic E-state index is 5.62. The zero-order valence-electron chi connectivity index (χ0n) is 9.35. The molecule has 0 aliphatic heterocycles. The van der Waals surface area contributed by atoms with Gasteiger partial charge in [-0.1, -0.05) is 12.1 Å². The van der Waals surface area contributed by atoms with Crippen LogP contribution in [0.4, 0.5) is 11.5 Å². The lowest BCUT2D eigenvalue weighted by Gasteiger charge is -2.03. The Balaban J connectivity index is 1.82. The van der Waals surface area contributed by atoms with Crippen molar-refractivity contribution in [2.45, 2.75) is 6.42 Å². The summed E-state index contributed by atoms with van der Waals surface area (Å²) in [6.45, 7) is 0.876. The average Bonchev–Trinajstić information content (AvgIpc) is 2.67. The topological polar surface area (TPSA) is 55.9 Å². The third kappa shape index (κ3) is 2.76. The van der Waals surface area contributed by atoms with Crippen LogP contribution in [0.2, 0.25) is 0 Å². The van der Waals surface area contributed by atoms with Crippen LogP contribution in [0.1, 0.15) is 5.56 Å². The molecule has 0 aliphatic rings. The van der Waals surface area contributed by atoms with Gasteiger partial charge in [0.2, 0.25) is 0 Å². The first-order chi connectivity index (χ1) is 7.74. The third-order valence-electron chi connectivity index (χ3n) is 2.41. The molecule has 0 radical (unpaired) electrons. The molecule has 1 aromatic carbocycles. The molecule has 0 atom stereocenters. The molecule has 4 nitrogen and oxygen atoms in total. The lowest BCUT2D eigenvalue weighted by atomic mass is 10.1. The minimum absolute atomic E-state index is 0.807. The number of anilines is 2. The summed E-state index contributed by atoms with van der Waals surface area (Å²) in [7, 11) is 1.91. The van der Waals surface area contributed by atoms with E-state index in [9.17, 15) is 0 Å². The van der Waals surface area contributed by atoms with Gasteiger partial charge in [-0.05, 0) is 24.1 Å². The molecule has 0 fully saturated rings. The SMILES string of the molecule is Cn1ccc(NCCc2ccc(N)cc2)n1. The number of aryl methyl sites for hydroxylation is 1. The number of benzene rings is 1. The smallest absolute Gasteiger partial charge is 0.147 e. The van der Waals surface area contributed by atoms with Crippen molar-refractivity contribution in [3.63, 3.8) is 0 Å². The molecule has 1 aromatic heterocycles. The fourth-order valence-corrected chi connectivity index (χ4v) is 1.53. The number of hydrogen-bond donors (Lipinski definition) is 2. The summed E-state index contributed by atoms with van der Waals surface area (Å²) in [5.74, 6) is 0.915. The van der Waals surface area contributed by atoms with Gasteiger partial charge in [-0.3, -0.25) is 4.68 Å². The predicted octanol–water partition coefficient (Wildman–Crippen LogP) is 1.66. The van der Waals surface area contributed by atoms with Crippen LogP contribution in [0, 0.1) is 0 Å². The van der Waals surface area contributed by atoms with E-state index in [0.717, 1.165) is 24.5 Å². The highest BCUT2D eigenvalue weighted by Crippen LogP contribution is 2.07. The van der Waals surface area contributed by atoms with Gasteiger partial charge in [0, 0.05) is 31.5 Å². The highest BCUT2D eigenvalue weighted by Gasteiger charge is 1.96. The number of nitrogens with zero attached hydrogens (tertiary/aromatic N) is 2. The van der Waals surface area contributed by atoms with Gasteiger partial charge in [0.1, 0.15) is 5.82 Å². The lowest BCUT2D eigenvalue weighted by molar-refractivity contribution is 0.768. The van der Waals surface area contributed by atoms with Crippen molar-refractivity contribution in [2.75, 3.05) is 17.6 Å². The summed E-state index contributed by atoms with van der Waals surface area (Å²) in [6.07, 6.45) is 2.89. The zero-order chi connectivity index (χ0) is 11.4.